The largest absolute Gasteiger partial charge is 0.493 e. The van der Waals surface area contributed by atoms with E-state index < -0.39 is 12.0 Å². The minimum Gasteiger partial charge on any atom is -0.493 e. The van der Waals surface area contributed by atoms with E-state index in [9.17, 15) is 9.90 Å². The number of hydrogen-bond acceptors (Lipinski definition) is 4. The van der Waals surface area contributed by atoms with E-state index >= 15 is 0 Å². The lowest BCUT2D eigenvalue weighted by atomic mass is 10.2. The molecule has 1 unspecified atom stereocenters. The fourth-order valence-electron chi connectivity index (χ4n) is 2.18. The number of rotatable bonds is 4. The maximum atomic E-state index is 12.1. The van der Waals surface area contributed by atoms with Gasteiger partial charge in [0.2, 0.25) is 5.88 Å². The zero-order chi connectivity index (χ0) is 17.1. The van der Waals surface area contributed by atoms with E-state index in [0.29, 0.717) is 16.7 Å². The SMILES string of the molecule is CC(Oc1ccccc1Br)C(=O)N=Nc1c(O)[nH]c2ccccc12. The highest BCUT2D eigenvalue weighted by Crippen LogP contribution is 2.35. The molecule has 1 amide bonds. The van der Waals surface area contributed by atoms with Crippen LogP contribution in [0.5, 0.6) is 11.6 Å². The van der Waals surface area contributed by atoms with Gasteiger partial charge in [-0.15, -0.1) is 10.2 Å². The molecule has 0 aliphatic heterocycles. The molecular formula is C17H14BrN3O3. The summed E-state index contributed by atoms with van der Waals surface area (Å²) in [5.74, 6) is -0.133. The molecule has 1 aromatic heterocycles. The number of para-hydroxylation sites is 2. The van der Waals surface area contributed by atoms with Crippen molar-refractivity contribution in [3.8, 4) is 11.6 Å². The molecular weight excluding hydrogens is 374 g/mol. The van der Waals surface area contributed by atoms with Gasteiger partial charge in [0.25, 0.3) is 0 Å². The van der Waals surface area contributed by atoms with E-state index in [1.165, 1.54) is 0 Å². The molecule has 0 aliphatic carbocycles. The average molecular weight is 388 g/mol. The van der Waals surface area contributed by atoms with Gasteiger partial charge in [-0.3, -0.25) is 4.79 Å². The van der Waals surface area contributed by atoms with E-state index in [0.717, 1.165) is 4.47 Å². The van der Waals surface area contributed by atoms with Crippen molar-refractivity contribution >= 4 is 38.4 Å². The molecule has 3 aromatic rings. The molecule has 0 radical (unpaired) electrons. The van der Waals surface area contributed by atoms with Gasteiger partial charge in [-0.25, -0.2) is 0 Å². The number of azo groups is 1. The first kappa shape index (κ1) is 16.2. The Morgan fingerprint density at radius 2 is 1.92 bits per heavy atom. The lowest BCUT2D eigenvalue weighted by Crippen LogP contribution is -2.21. The Balaban J connectivity index is 1.77. The topological polar surface area (TPSA) is 87.0 Å². The van der Waals surface area contributed by atoms with Gasteiger partial charge >= 0.3 is 5.91 Å². The van der Waals surface area contributed by atoms with Crippen molar-refractivity contribution in [3.63, 3.8) is 0 Å². The van der Waals surface area contributed by atoms with Gasteiger partial charge in [0, 0.05) is 5.39 Å². The summed E-state index contributed by atoms with van der Waals surface area (Å²) in [7, 11) is 0. The highest BCUT2D eigenvalue weighted by molar-refractivity contribution is 9.10. The summed E-state index contributed by atoms with van der Waals surface area (Å²) in [5, 5.41) is 18.1. The van der Waals surface area contributed by atoms with Crippen LogP contribution in [0.3, 0.4) is 0 Å². The number of carbonyl (C=O) groups excluding carboxylic acids is 1. The standard InChI is InChI=1S/C17H14BrN3O3/c1-10(24-14-9-5-3-7-12(14)18)16(22)21-20-15-11-6-2-4-8-13(11)19-17(15)23/h2-10,19,23H,1H3. The molecule has 0 spiro atoms. The molecule has 0 fully saturated rings. The summed E-state index contributed by atoms with van der Waals surface area (Å²) in [6.07, 6.45) is -0.806. The summed E-state index contributed by atoms with van der Waals surface area (Å²) in [6, 6.07) is 14.5. The van der Waals surface area contributed by atoms with Crippen molar-refractivity contribution in [2.45, 2.75) is 13.0 Å². The third-order valence-corrected chi connectivity index (χ3v) is 4.05. The minimum absolute atomic E-state index is 0.132. The zero-order valence-electron chi connectivity index (χ0n) is 12.7. The van der Waals surface area contributed by atoms with E-state index in [-0.39, 0.29) is 11.6 Å². The molecule has 3 rings (SSSR count). The number of halogens is 1. The van der Waals surface area contributed by atoms with Gasteiger partial charge in [0.15, 0.2) is 11.8 Å². The number of aromatic nitrogens is 1. The number of carbonyl (C=O) groups is 1. The fraction of sp³-hybridized carbons (Fsp3) is 0.118. The monoisotopic (exact) mass is 387 g/mol. The summed E-state index contributed by atoms with van der Waals surface area (Å²) in [6.45, 7) is 1.59. The molecule has 24 heavy (non-hydrogen) atoms. The predicted octanol–water partition coefficient (Wildman–Crippen LogP) is 4.71. The molecule has 0 aliphatic rings. The van der Waals surface area contributed by atoms with Gasteiger partial charge in [-0.1, -0.05) is 30.3 Å². The Bertz CT molecular complexity index is 920. The van der Waals surface area contributed by atoms with Crippen molar-refractivity contribution in [1.82, 2.24) is 4.98 Å². The van der Waals surface area contributed by atoms with E-state index in [2.05, 4.69) is 31.1 Å². The number of hydrogen-bond donors (Lipinski definition) is 2. The number of ether oxygens (including phenoxy) is 1. The van der Waals surface area contributed by atoms with Crippen LogP contribution >= 0.6 is 15.9 Å². The summed E-state index contributed by atoms with van der Waals surface area (Å²) < 4.78 is 6.32. The maximum absolute atomic E-state index is 12.1. The van der Waals surface area contributed by atoms with Crippen molar-refractivity contribution < 1.29 is 14.6 Å². The Kier molecular flexibility index (Phi) is 4.61. The van der Waals surface area contributed by atoms with Gasteiger partial charge in [0.05, 0.1) is 9.99 Å². The van der Waals surface area contributed by atoms with Gasteiger partial charge in [-0.2, -0.15) is 0 Å². The molecule has 2 N–H and O–H groups in total. The third kappa shape index (κ3) is 3.30. The van der Waals surface area contributed by atoms with E-state index in [4.69, 9.17) is 4.74 Å². The number of aromatic amines is 1. The normalized spacial score (nSPS) is 12.6. The smallest absolute Gasteiger partial charge is 0.304 e. The number of H-pyrrole nitrogens is 1. The lowest BCUT2D eigenvalue weighted by molar-refractivity contribution is -0.124. The molecule has 1 heterocycles. The number of fused-ring (bicyclic) bond motifs is 1. The first-order valence-corrected chi connectivity index (χ1v) is 8.02. The lowest BCUT2D eigenvalue weighted by Gasteiger charge is -2.11. The second kappa shape index (κ2) is 6.84. The van der Waals surface area contributed by atoms with E-state index in [1.807, 2.05) is 30.3 Å². The highest BCUT2D eigenvalue weighted by Gasteiger charge is 2.16. The zero-order valence-corrected chi connectivity index (χ0v) is 14.3. The van der Waals surface area contributed by atoms with Gasteiger partial charge < -0.3 is 14.8 Å². The summed E-state index contributed by atoms with van der Waals surface area (Å²) in [5.41, 5.74) is 0.945. The van der Waals surface area contributed by atoms with Crippen LogP contribution in [0.1, 0.15) is 6.92 Å². The number of amides is 1. The number of nitrogens with zero attached hydrogens (tertiary/aromatic N) is 2. The quantitative estimate of drug-likeness (QED) is 0.635. The van der Waals surface area contributed by atoms with Gasteiger partial charge in [0.1, 0.15) is 5.75 Å². The highest BCUT2D eigenvalue weighted by atomic mass is 79.9. The fourth-order valence-corrected chi connectivity index (χ4v) is 2.55. The van der Waals surface area contributed by atoms with E-state index in [1.54, 1.807) is 25.1 Å². The maximum Gasteiger partial charge on any atom is 0.304 e. The van der Waals surface area contributed by atoms with Crippen molar-refractivity contribution in [2.24, 2.45) is 10.2 Å². The van der Waals surface area contributed by atoms with Crippen LogP contribution in [0.4, 0.5) is 5.69 Å². The second-order valence-corrected chi connectivity index (χ2v) is 5.95. The van der Waals surface area contributed by atoms with Crippen LogP contribution in [0, 0.1) is 0 Å². The number of benzene rings is 2. The van der Waals surface area contributed by atoms with Crippen molar-refractivity contribution in [1.29, 1.82) is 0 Å². The minimum atomic E-state index is -0.806. The Hall–Kier alpha value is -2.67. The molecule has 7 heteroatoms. The van der Waals surface area contributed by atoms with Crippen LogP contribution in [-0.4, -0.2) is 22.1 Å². The van der Waals surface area contributed by atoms with Crippen LogP contribution in [0.2, 0.25) is 0 Å². The second-order valence-electron chi connectivity index (χ2n) is 5.10. The van der Waals surface area contributed by atoms with Crippen LogP contribution < -0.4 is 4.74 Å². The van der Waals surface area contributed by atoms with Crippen LogP contribution in [-0.2, 0) is 4.79 Å². The van der Waals surface area contributed by atoms with Crippen molar-refractivity contribution in [3.05, 3.63) is 53.0 Å². The summed E-state index contributed by atoms with van der Waals surface area (Å²) >= 11 is 3.35. The molecule has 6 nitrogen and oxygen atoms in total. The van der Waals surface area contributed by atoms with Crippen LogP contribution in [0.25, 0.3) is 10.9 Å². The Morgan fingerprint density at radius 3 is 2.71 bits per heavy atom. The molecule has 0 saturated carbocycles. The average Bonchev–Trinajstić information content (AvgIpc) is 2.90. The van der Waals surface area contributed by atoms with Gasteiger partial charge in [-0.05, 0) is 41.1 Å². The molecule has 0 saturated heterocycles. The Morgan fingerprint density at radius 1 is 1.21 bits per heavy atom. The first-order chi connectivity index (χ1) is 11.6. The van der Waals surface area contributed by atoms with Crippen LogP contribution in [0.15, 0.2) is 63.2 Å². The predicted molar refractivity (Wildman–Crippen MR) is 93.7 cm³/mol. The number of aromatic hydroxyl groups is 1. The summed E-state index contributed by atoms with van der Waals surface area (Å²) in [4.78, 5) is 14.9. The molecule has 122 valence electrons. The molecule has 2 aromatic carbocycles. The third-order valence-electron chi connectivity index (χ3n) is 3.40. The van der Waals surface area contributed by atoms with Crippen molar-refractivity contribution in [2.75, 3.05) is 0 Å². The number of nitrogens with one attached hydrogen (secondary N) is 1. The molecule has 1 atom stereocenters. The Labute approximate surface area is 146 Å². The first-order valence-electron chi connectivity index (χ1n) is 7.22. The molecule has 0 bridgehead atoms.